The van der Waals surface area contributed by atoms with Gasteiger partial charge >= 0.3 is 0 Å². The number of ether oxygens (including phenoxy) is 1. The molecule has 4 rings (SSSR count). The van der Waals surface area contributed by atoms with Crippen molar-refractivity contribution in [2.75, 3.05) is 13.2 Å². The van der Waals surface area contributed by atoms with Crippen LogP contribution in [0.15, 0.2) is 79.0 Å². The van der Waals surface area contributed by atoms with Crippen LogP contribution in [0.2, 0.25) is 0 Å². The second-order valence-electron chi connectivity index (χ2n) is 6.55. The van der Waals surface area contributed by atoms with Crippen LogP contribution in [0.3, 0.4) is 0 Å². The van der Waals surface area contributed by atoms with Gasteiger partial charge in [-0.15, -0.1) is 0 Å². The number of para-hydroxylation sites is 3. The van der Waals surface area contributed by atoms with Crippen LogP contribution >= 0.6 is 0 Å². The molecule has 0 radical (unpaired) electrons. The number of carbonyl (C=O) groups excluding carboxylic acids is 1. The van der Waals surface area contributed by atoms with E-state index in [0.717, 1.165) is 22.6 Å². The minimum absolute atomic E-state index is 0.180. The van der Waals surface area contributed by atoms with Crippen LogP contribution in [0.1, 0.15) is 16.3 Å². The van der Waals surface area contributed by atoms with E-state index in [9.17, 15) is 4.79 Å². The molecule has 2 heterocycles. The number of hydrogen-bond donors (Lipinski definition) is 1. The van der Waals surface area contributed by atoms with E-state index in [1.807, 2.05) is 48.5 Å². The highest BCUT2D eigenvalue weighted by Crippen LogP contribution is 2.17. The first kappa shape index (κ1) is 18.7. The van der Waals surface area contributed by atoms with E-state index in [1.165, 1.54) is 0 Å². The predicted molar refractivity (Wildman–Crippen MR) is 112 cm³/mol. The third-order valence-electron chi connectivity index (χ3n) is 4.59. The molecule has 1 N–H and O–H groups in total. The zero-order chi connectivity index (χ0) is 19.9. The second-order valence-corrected chi connectivity index (χ2v) is 6.55. The fourth-order valence-corrected chi connectivity index (χ4v) is 3.21. The van der Waals surface area contributed by atoms with Gasteiger partial charge in [-0.1, -0.05) is 36.4 Å². The lowest BCUT2D eigenvalue weighted by Gasteiger charge is -2.11. The minimum Gasteiger partial charge on any atom is -0.492 e. The summed E-state index contributed by atoms with van der Waals surface area (Å²) in [6.45, 7) is 1.70. The quantitative estimate of drug-likeness (QED) is 0.503. The molecule has 6 nitrogen and oxygen atoms in total. The van der Waals surface area contributed by atoms with Gasteiger partial charge in [0.1, 0.15) is 23.9 Å². The Morgan fingerprint density at radius 2 is 1.76 bits per heavy atom. The van der Waals surface area contributed by atoms with Crippen molar-refractivity contribution >= 4 is 16.9 Å². The summed E-state index contributed by atoms with van der Waals surface area (Å²) in [5.41, 5.74) is 2.42. The first-order chi connectivity index (χ1) is 14.3. The molecule has 6 heteroatoms. The summed E-state index contributed by atoms with van der Waals surface area (Å²) >= 11 is 0. The molecule has 29 heavy (non-hydrogen) atoms. The summed E-state index contributed by atoms with van der Waals surface area (Å²) in [7, 11) is 0. The van der Waals surface area contributed by atoms with Gasteiger partial charge in [-0.3, -0.25) is 9.78 Å². The third kappa shape index (κ3) is 4.60. The number of aromatic nitrogens is 3. The molecule has 0 atom stereocenters. The Morgan fingerprint density at radius 1 is 0.966 bits per heavy atom. The Kier molecular flexibility index (Phi) is 5.81. The monoisotopic (exact) mass is 386 g/mol. The molecule has 0 aliphatic rings. The molecule has 0 saturated heterocycles. The van der Waals surface area contributed by atoms with Crippen molar-refractivity contribution in [2.24, 2.45) is 0 Å². The maximum Gasteiger partial charge on any atom is 0.269 e. The lowest BCUT2D eigenvalue weighted by Crippen LogP contribution is -2.27. The van der Waals surface area contributed by atoms with Gasteiger partial charge in [0.25, 0.3) is 5.91 Å². The van der Waals surface area contributed by atoms with Gasteiger partial charge in [-0.25, -0.2) is 4.98 Å². The molecule has 0 saturated carbocycles. The molecule has 2 aromatic heterocycles. The predicted octanol–water partition coefficient (Wildman–Crippen LogP) is 3.48. The molecule has 0 spiro atoms. The molecule has 0 unspecified atom stereocenters. The number of hydrogen-bond acceptors (Lipinski definition) is 4. The maximum absolute atomic E-state index is 12.2. The molecule has 0 bridgehead atoms. The summed E-state index contributed by atoms with van der Waals surface area (Å²) < 4.78 is 8.02. The smallest absolute Gasteiger partial charge is 0.269 e. The van der Waals surface area contributed by atoms with Crippen LogP contribution in [0, 0.1) is 0 Å². The molecule has 146 valence electrons. The normalized spacial score (nSPS) is 10.8. The number of carbonyl (C=O) groups is 1. The summed E-state index contributed by atoms with van der Waals surface area (Å²) in [5, 5.41) is 2.91. The van der Waals surface area contributed by atoms with Crippen molar-refractivity contribution in [3.05, 3.63) is 90.5 Å². The van der Waals surface area contributed by atoms with E-state index in [1.54, 1.807) is 24.4 Å². The fourth-order valence-electron chi connectivity index (χ4n) is 3.21. The molecule has 0 aliphatic heterocycles. The summed E-state index contributed by atoms with van der Waals surface area (Å²) in [6, 6.07) is 23.1. The lowest BCUT2D eigenvalue weighted by atomic mass is 10.3. The fraction of sp³-hybridized carbons (Fsp3) is 0.174. The number of nitrogens with zero attached hydrogens (tertiary/aromatic N) is 3. The summed E-state index contributed by atoms with van der Waals surface area (Å²) in [5.74, 6) is 1.59. The molecule has 0 fully saturated rings. The van der Waals surface area contributed by atoms with E-state index in [2.05, 4.69) is 20.9 Å². The molecule has 1 amide bonds. The van der Waals surface area contributed by atoms with Crippen molar-refractivity contribution in [1.29, 1.82) is 0 Å². The zero-order valence-corrected chi connectivity index (χ0v) is 16.0. The highest BCUT2D eigenvalue weighted by molar-refractivity contribution is 5.92. The van der Waals surface area contributed by atoms with Gasteiger partial charge in [0.15, 0.2) is 0 Å². The maximum atomic E-state index is 12.2. The first-order valence-electron chi connectivity index (χ1n) is 9.62. The van der Waals surface area contributed by atoms with Gasteiger partial charge in [0, 0.05) is 19.2 Å². The van der Waals surface area contributed by atoms with Crippen molar-refractivity contribution < 1.29 is 9.53 Å². The van der Waals surface area contributed by atoms with Gasteiger partial charge < -0.3 is 14.6 Å². The van der Waals surface area contributed by atoms with Gasteiger partial charge in [0.2, 0.25) is 0 Å². The van der Waals surface area contributed by atoms with Crippen molar-refractivity contribution in [3.8, 4) is 5.75 Å². The average molecular weight is 386 g/mol. The zero-order valence-electron chi connectivity index (χ0n) is 16.0. The summed E-state index contributed by atoms with van der Waals surface area (Å²) in [6.07, 6.45) is 2.24. The highest BCUT2D eigenvalue weighted by Gasteiger charge is 2.12. The van der Waals surface area contributed by atoms with Crippen LogP contribution in [-0.2, 0) is 13.0 Å². The number of rotatable bonds is 8. The van der Waals surface area contributed by atoms with Crippen LogP contribution < -0.4 is 10.1 Å². The topological polar surface area (TPSA) is 69.0 Å². The number of nitrogens with one attached hydrogen (secondary N) is 1. The van der Waals surface area contributed by atoms with E-state index in [4.69, 9.17) is 9.72 Å². The molecular weight excluding hydrogens is 364 g/mol. The van der Waals surface area contributed by atoms with Crippen LogP contribution in [0.4, 0.5) is 0 Å². The number of imidazole rings is 1. The Hall–Kier alpha value is -3.67. The molecule has 0 aliphatic carbocycles. The van der Waals surface area contributed by atoms with E-state index in [0.29, 0.717) is 31.8 Å². The number of benzene rings is 2. The Balaban J connectivity index is 1.42. The highest BCUT2D eigenvalue weighted by atomic mass is 16.5. The van der Waals surface area contributed by atoms with E-state index >= 15 is 0 Å². The van der Waals surface area contributed by atoms with Crippen LogP contribution in [-0.4, -0.2) is 33.6 Å². The van der Waals surface area contributed by atoms with Crippen molar-refractivity contribution in [1.82, 2.24) is 19.9 Å². The number of fused-ring (bicyclic) bond motifs is 1. The van der Waals surface area contributed by atoms with Gasteiger partial charge in [-0.05, 0) is 36.4 Å². The second kappa shape index (κ2) is 9.01. The number of amides is 1. The molecular formula is C23H22N4O2. The number of pyridine rings is 1. The largest absolute Gasteiger partial charge is 0.492 e. The van der Waals surface area contributed by atoms with Crippen LogP contribution in [0.25, 0.3) is 11.0 Å². The SMILES string of the molecule is O=C(NCCc1nc2ccccc2n1CCOc1ccccc1)c1ccccn1. The van der Waals surface area contributed by atoms with Gasteiger partial charge in [0.05, 0.1) is 17.6 Å². The molecule has 2 aromatic carbocycles. The van der Waals surface area contributed by atoms with Crippen molar-refractivity contribution in [2.45, 2.75) is 13.0 Å². The summed E-state index contributed by atoms with van der Waals surface area (Å²) in [4.78, 5) is 21.0. The first-order valence-corrected chi connectivity index (χ1v) is 9.62. The Morgan fingerprint density at radius 3 is 2.59 bits per heavy atom. The van der Waals surface area contributed by atoms with E-state index < -0.39 is 0 Å². The third-order valence-corrected chi connectivity index (χ3v) is 4.59. The minimum atomic E-state index is -0.180. The van der Waals surface area contributed by atoms with Crippen LogP contribution in [0.5, 0.6) is 5.75 Å². The molecule has 4 aromatic rings. The standard InChI is InChI=1S/C23H22N4O2/c28-23(20-11-6-7-14-24-20)25-15-13-22-26-19-10-4-5-12-21(19)27(22)16-17-29-18-8-2-1-3-9-18/h1-12,14H,13,15-17H2,(H,25,28). The Bertz CT molecular complexity index is 1080. The van der Waals surface area contributed by atoms with Crippen molar-refractivity contribution in [3.63, 3.8) is 0 Å². The average Bonchev–Trinajstić information content (AvgIpc) is 3.12. The Labute approximate surface area is 169 Å². The van der Waals surface area contributed by atoms with Gasteiger partial charge in [-0.2, -0.15) is 0 Å². The van der Waals surface area contributed by atoms with E-state index in [-0.39, 0.29) is 5.91 Å². The lowest BCUT2D eigenvalue weighted by molar-refractivity contribution is 0.0949.